The van der Waals surface area contributed by atoms with Crippen molar-refractivity contribution in [3.8, 4) is 0 Å². The zero-order chi connectivity index (χ0) is 20.7. The van der Waals surface area contributed by atoms with Crippen molar-refractivity contribution in [2.45, 2.75) is 67.3 Å². The van der Waals surface area contributed by atoms with Crippen LogP contribution < -0.4 is 11.1 Å². The Balaban J connectivity index is 1.41. The third-order valence-electron chi connectivity index (χ3n) is 5.74. The predicted molar refractivity (Wildman–Crippen MR) is 125 cm³/mol. The molecule has 9 heteroatoms. The molecule has 2 heterocycles. The Kier molecular flexibility index (Phi) is 5.85. The van der Waals surface area contributed by atoms with Crippen LogP contribution in [0.15, 0.2) is 28.5 Å². The third kappa shape index (κ3) is 4.16. The first-order valence-corrected chi connectivity index (χ1v) is 12.3. The van der Waals surface area contributed by atoms with Gasteiger partial charge >= 0.3 is 0 Å². The molecule has 0 bridgehead atoms. The number of aryl methyl sites for hydroxylation is 2. The third-order valence-corrected chi connectivity index (χ3v) is 8.05. The van der Waals surface area contributed by atoms with Gasteiger partial charge in [-0.15, -0.1) is 0 Å². The van der Waals surface area contributed by atoms with Gasteiger partial charge in [0.1, 0.15) is 12.5 Å². The lowest BCUT2D eigenvalue weighted by molar-refractivity contribution is 0.343. The fraction of sp³-hybridized carbons (Fsp3) is 0.476. The molecule has 0 amide bonds. The highest BCUT2D eigenvalue weighted by molar-refractivity contribution is 14.1. The Morgan fingerprint density at radius 3 is 2.93 bits per heavy atom. The number of nitrogen functional groups attached to an aromatic ring is 1. The lowest BCUT2D eigenvalue weighted by Gasteiger charge is -2.11. The van der Waals surface area contributed by atoms with Gasteiger partial charge in [0.15, 0.2) is 22.1 Å². The van der Waals surface area contributed by atoms with E-state index in [1.54, 1.807) is 11.8 Å². The molecule has 2 aromatic heterocycles. The van der Waals surface area contributed by atoms with Gasteiger partial charge in [0.05, 0.1) is 0 Å². The number of fused-ring (bicyclic) bond motifs is 2. The number of benzene rings is 1. The quantitative estimate of drug-likeness (QED) is 0.321. The highest BCUT2D eigenvalue weighted by Gasteiger charge is 2.25. The lowest BCUT2D eigenvalue weighted by Crippen LogP contribution is -2.17. The SMILES string of the molecule is Nc1ncnc2c1nc(Sc1cc3c(cc1I)CCC3F)n2CCCCNC1CC1. The summed E-state index contributed by atoms with van der Waals surface area (Å²) < 4.78 is 17.5. The molecule has 1 fully saturated rings. The Morgan fingerprint density at radius 2 is 2.10 bits per heavy atom. The maximum Gasteiger partial charge on any atom is 0.175 e. The van der Waals surface area contributed by atoms with E-state index in [4.69, 9.17) is 10.7 Å². The second-order valence-electron chi connectivity index (χ2n) is 8.00. The van der Waals surface area contributed by atoms with Crippen LogP contribution >= 0.6 is 34.4 Å². The summed E-state index contributed by atoms with van der Waals surface area (Å²) in [7, 11) is 0. The number of nitrogens with two attached hydrogens (primary N) is 1. The maximum absolute atomic E-state index is 14.3. The van der Waals surface area contributed by atoms with E-state index in [0.29, 0.717) is 17.8 Å². The topological polar surface area (TPSA) is 81.7 Å². The number of nitrogens with zero attached hydrogens (tertiary/aromatic N) is 4. The molecule has 0 spiro atoms. The minimum Gasteiger partial charge on any atom is -0.382 e. The molecule has 1 saturated carbocycles. The average molecular weight is 538 g/mol. The van der Waals surface area contributed by atoms with E-state index in [1.165, 1.54) is 19.2 Å². The summed E-state index contributed by atoms with van der Waals surface area (Å²) in [5.41, 5.74) is 9.42. The van der Waals surface area contributed by atoms with Crippen molar-refractivity contribution in [1.29, 1.82) is 0 Å². The fourth-order valence-corrected chi connectivity index (χ4v) is 5.76. The molecule has 1 unspecified atom stereocenters. The van der Waals surface area contributed by atoms with Gasteiger partial charge in [0, 0.05) is 21.1 Å². The van der Waals surface area contributed by atoms with Gasteiger partial charge in [-0.1, -0.05) is 11.8 Å². The van der Waals surface area contributed by atoms with E-state index >= 15 is 0 Å². The molecular weight excluding hydrogens is 514 g/mol. The molecule has 3 N–H and O–H groups in total. The first-order valence-electron chi connectivity index (χ1n) is 10.4. The fourth-order valence-electron chi connectivity index (χ4n) is 3.93. The van der Waals surface area contributed by atoms with Gasteiger partial charge in [-0.3, -0.25) is 0 Å². The minimum absolute atomic E-state index is 0.392. The first-order chi connectivity index (χ1) is 14.6. The number of imidazole rings is 1. The molecule has 1 atom stereocenters. The van der Waals surface area contributed by atoms with E-state index < -0.39 is 6.17 Å². The van der Waals surface area contributed by atoms with Crippen LogP contribution in [0.4, 0.5) is 10.2 Å². The summed E-state index contributed by atoms with van der Waals surface area (Å²) in [6.45, 7) is 1.85. The Morgan fingerprint density at radius 1 is 1.23 bits per heavy atom. The van der Waals surface area contributed by atoms with Crippen LogP contribution in [0.1, 0.15) is 49.4 Å². The molecule has 2 aliphatic rings. The monoisotopic (exact) mass is 538 g/mol. The van der Waals surface area contributed by atoms with E-state index in [2.05, 4.69) is 48.5 Å². The van der Waals surface area contributed by atoms with Gasteiger partial charge < -0.3 is 15.6 Å². The number of nitrogens with one attached hydrogen (secondary N) is 1. The van der Waals surface area contributed by atoms with Crippen molar-refractivity contribution in [3.05, 3.63) is 33.2 Å². The average Bonchev–Trinajstić information content (AvgIpc) is 3.40. The smallest absolute Gasteiger partial charge is 0.175 e. The highest BCUT2D eigenvalue weighted by Crippen LogP contribution is 2.41. The number of hydrogen-bond donors (Lipinski definition) is 2. The van der Waals surface area contributed by atoms with Gasteiger partial charge in [0.2, 0.25) is 0 Å². The summed E-state index contributed by atoms with van der Waals surface area (Å²) in [5.74, 6) is 0.392. The summed E-state index contributed by atoms with van der Waals surface area (Å²) in [6, 6.07) is 4.85. The zero-order valence-corrected chi connectivity index (χ0v) is 19.5. The van der Waals surface area contributed by atoms with Crippen molar-refractivity contribution >= 4 is 51.3 Å². The van der Waals surface area contributed by atoms with Crippen molar-refractivity contribution in [3.63, 3.8) is 0 Å². The van der Waals surface area contributed by atoms with Crippen LogP contribution in [0, 0.1) is 3.57 Å². The number of rotatable bonds is 8. The van der Waals surface area contributed by atoms with Gasteiger partial charge in [-0.05, 0) is 90.9 Å². The number of hydrogen-bond acceptors (Lipinski definition) is 6. The molecule has 3 aromatic rings. The molecule has 0 saturated heterocycles. The number of unbranched alkanes of at least 4 members (excludes halogenated alkanes) is 1. The molecule has 1 aromatic carbocycles. The molecule has 0 radical (unpaired) electrons. The van der Waals surface area contributed by atoms with Gasteiger partial charge in [-0.2, -0.15) is 0 Å². The standard InChI is InChI=1S/C21H24FIN6S/c22-15-6-3-12-9-16(23)17(10-14(12)15)30-21-28-18-19(24)26-11-27-20(18)29(21)8-2-1-7-25-13-4-5-13/h9-11,13,15,25H,1-8H2,(H2,24,26,27). The number of halogens is 2. The van der Waals surface area contributed by atoms with Crippen LogP contribution in [-0.4, -0.2) is 32.1 Å². The summed E-state index contributed by atoms with van der Waals surface area (Å²) >= 11 is 3.90. The minimum atomic E-state index is -0.865. The molecule has 6 nitrogen and oxygen atoms in total. The number of aromatic nitrogens is 4. The van der Waals surface area contributed by atoms with Crippen LogP contribution in [0.3, 0.4) is 0 Å². The van der Waals surface area contributed by atoms with E-state index in [-0.39, 0.29) is 0 Å². The van der Waals surface area contributed by atoms with Crippen molar-refractivity contribution in [2.75, 3.05) is 12.3 Å². The normalized spacial score (nSPS) is 18.3. The second-order valence-corrected chi connectivity index (χ2v) is 10.2. The molecule has 5 rings (SSSR count). The van der Waals surface area contributed by atoms with E-state index in [0.717, 1.165) is 68.8 Å². The van der Waals surface area contributed by atoms with Gasteiger partial charge in [-0.25, -0.2) is 19.3 Å². The van der Waals surface area contributed by atoms with Crippen molar-refractivity contribution in [1.82, 2.24) is 24.8 Å². The summed E-state index contributed by atoms with van der Waals surface area (Å²) in [6.07, 6.45) is 6.76. The first kappa shape index (κ1) is 20.4. The van der Waals surface area contributed by atoms with E-state index in [1.807, 2.05) is 6.07 Å². The molecule has 158 valence electrons. The molecular formula is C21H24FIN6S. The Hall–Kier alpha value is -1.46. The maximum atomic E-state index is 14.3. The molecule has 2 aliphatic carbocycles. The lowest BCUT2D eigenvalue weighted by atomic mass is 10.1. The summed E-state index contributed by atoms with van der Waals surface area (Å²) in [4.78, 5) is 14.3. The second kappa shape index (κ2) is 8.58. The van der Waals surface area contributed by atoms with Crippen LogP contribution in [0.2, 0.25) is 0 Å². The van der Waals surface area contributed by atoms with Crippen molar-refractivity contribution in [2.24, 2.45) is 0 Å². The largest absolute Gasteiger partial charge is 0.382 e. The number of anilines is 1. The zero-order valence-electron chi connectivity index (χ0n) is 16.6. The van der Waals surface area contributed by atoms with E-state index in [9.17, 15) is 4.39 Å². The van der Waals surface area contributed by atoms with Crippen LogP contribution in [0.5, 0.6) is 0 Å². The molecule has 30 heavy (non-hydrogen) atoms. The highest BCUT2D eigenvalue weighted by atomic mass is 127. The van der Waals surface area contributed by atoms with Crippen LogP contribution in [-0.2, 0) is 13.0 Å². The van der Waals surface area contributed by atoms with Crippen LogP contribution in [0.25, 0.3) is 11.2 Å². The number of alkyl halides is 1. The Labute approximate surface area is 192 Å². The van der Waals surface area contributed by atoms with Crippen molar-refractivity contribution < 1.29 is 4.39 Å². The predicted octanol–water partition coefficient (Wildman–Crippen LogP) is 4.65. The summed E-state index contributed by atoms with van der Waals surface area (Å²) in [5, 5.41) is 4.39. The molecule has 0 aliphatic heterocycles. The van der Waals surface area contributed by atoms with Gasteiger partial charge in [0.25, 0.3) is 0 Å². The Bertz CT molecular complexity index is 1080.